The van der Waals surface area contributed by atoms with E-state index in [0.717, 1.165) is 0 Å². The zero-order valence-corrected chi connectivity index (χ0v) is 8.25. The molecule has 0 radical (unpaired) electrons. The molecule has 4 heteroatoms. The fraction of sp³-hybridized carbons (Fsp3) is 0.333. The molecule has 0 aliphatic rings. The molecule has 0 aromatic carbocycles. The molecular formula is C9H12N2OS. The quantitative estimate of drug-likeness (QED) is 0.726. The molecular weight excluding hydrogens is 184 g/mol. The van der Waals surface area contributed by atoms with Gasteiger partial charge in [0.05, 0.1) is 4.99 Å². The molecule has 0 saturated carbocycles. The Balaban J connectivity index is 2.81. The van der Waals surface area contributed by atoms with E-state index in [4.69, 9.17) is 18.0 Å². The first-order valence-electron chi connectivity index (χ1n) is 4.06. The number of hydrogen-bond donors (Lipinski definition) is 1. The van der Waals surface area contributed by atoms with Gasteiger partial charge in [-0.2, -0.15) is 0 Å². The summed E-state index contributed by atoms with van der Waals surface area (Å²) in [6.07, 6.45) is 1.73. The minimum absolute atomic E-state index is 0.0226. The number of thiocarbonyl (C=S) groups is 1. The molecule has 3 nitrogen and oxygen atoms in total. The molecule has 1 unspecified atom stereocenters. The van der Waals surface area contributed by atoms with E-state index in [2.05, 4.69) is 0 Å². The van der Waals surface area contributed by atoms with Crippen molar-refractivity contribution in [2.45, 2.75) is 13.5 Å². The lowest BCUT2D eigenvalue weighted by Crippen LogP contribution is -2.28. The van der Waals surface area contributed by atoms with Crippen molar-refractivity contribution in [1.82, 2.24) is 4.57 Å². The minimum Gasteiger partial charge on any atom is -0.393 e. The lowest BCUT2D eigenvalue weighted by atomic mass is 10.2. The van der Waals surface area contributed by atoms with E-state index < -0.39 is 0 Å². The van der Waals surface area contributed by atoms with Crippen LogP contribution >= 0.6 is 12.2 Å². The van der Waals surface area contributed by atoms with Gasteiger partial charge < -0.3 is 10.3 Å². The predicted molar refractivity (Wildman–Crippen MR) is 56.7 cm³/mol. The number of pyridine rings is 1. The van der Waals surface area contributed by atoms with Crippen LogP contribution in [0.15, 0.2) is 29.2 Å². The first kappa shape index (κ1) is 9.92. The van der Waals surface area contributed by atoms with Gasteiger partial charge in [-0.15, -0.1) is 0 Å². The average Bonchev–Trinajstić information content (AvgIpc) is 2.08. The van der Waals surface area contributed by atoms with Crippen LogP contribution in [0.2, 0.25) is 0 Å². The predicted octanol–water partition coefficient (Wildman–Crippen LogP) is 0.770. The van der Waals surface area contributed by atoms with Crippen molar-refractivity contribution in [3.63, 3.8) is 0 Å². The number of aromatic nitrogens is 1. The van der Waals surface area contributed by atoms with Gasteiger partial charge in [-0.3, -0.25) is 4.79 Å². The summed E-state index contributed by atoms with van der Waals surface area (Å²) < 4.78 is 1.60. The normalized spacial score (nSPS) is 12.4. The van der Waals surface area contributed by atoms with E-state index in [0.29, 0.717) is 11.5 Å². The third-order valence-corrected chi connectivity index (χ3v) is 2.26. The van der Waals surface area contributed by atoms with Crippen LogP contribution in [0.3, 0.4) is 0 Å². The highest BCUT2D eigenvalue weighted by molar-refractivity contribution is 7.80. The highest BCUT2D eigenvalue weighted by atomic mass is 32.1. The zero-order valence-electron chi connectivity index (χ0n) is 7.43. The van der Waals surface area contributed by atoms with E-state index in [9.17, 15) is 4.79 Å². The van der Waals surface area contributed by atoms with Gasteiger partial charge in [0.2, 0.25) is 0 Å². The Morgan fingerprint density at radius 1 is 1.69 bits per heavy atom. The van der Waals surface area contributed by atoms with Crippen molar-refractivity contribution in [2.24, 2.45) is 11.7 Å². The van der Waals surface area contributed by atoms with Gasteiger partial charge in [-0.25, -0.2) is 0 Å². The lowest BCUT2D eigenvalue weighted by molar-refractivity contribution is 0.581. The van der Waals surface area contributed by atoms with Crippen molar-refractivity contribution < 1.29 is 0 Å². The van der Waals surface area contributed by atoms with Crippen LogP contribution in [-0.2, 0) is 6.54 Å². The van der Waals surface area contributed by atoms with Gasteiger partial charge in [0.1, 0.15) is 0 Å². The summed E-state index contributed by atoms with van der Waals surface area (Å²) in [5.41, 5.74) is 5.43. The van der Waals surface area contributed by atoms with Gasteiger partial charge >= 0.3 is 0 Å². The van der Waals surface area contributed by atoms with Gasteiger partial charge in [0.25, 0.3) is 5.56 Å². The fourth-order valence-electron chi connectivity index (χ4n) is 0.997. The van der Waals surface area contributed by atoms with E-state index in [1.54, 1.807) is 16.8 Å². The van der Waals surface area contributed by atoms with Crippen molar-refractivity contribution in [3.05, 3.63) is 34.7 Å². The molecule has 70 valence electrons. The third-order valence-electron chi connectivity index (χ3n) is 1.86. The second-order valence-electron chi connectivity index (χ2n) is 2.99. The molecule has 0 fully saturated rings. The number of nitrogens with zero attached hydrogens (tertiary/aromatic N) is 1. The molecule has 1 rings (SSSR count). The molecule has 2 N–H and O–H groups in total. The number of hydrogen-bond acceptors (Lipinski definition) is 2. The molecule has 1 heterocycles. The maximum absolute atomic E-state index is 11.3. The summed E-state index contributed by atoms with van der Waals surface area (Å²) in [6.45, 7) is 2.46. The van der Waals surface area contributed by atoms with Crippen molar-refractivity contribution in [1.29, 1.82) is 0 Å². The monoisotopic (exact) mass is 196 g/mol. The summed E-state index contributed by atoms with van der Waals surface area (Å²) in [5.74, 6) is 0.0510. The molecule has 0 aliphatic carbocycles. The van der Waals surface area contributed by atoms with Crippen LogP contribution in [0.1, 0.15) is 6.92 Å². The zero-order chi connectivity index (χ0) is 9.84. The Labute approximate surface area is 82.2 Å². The van der Waals surface area contributed by atoms with Crippen LogP contribution < -0.4 is 11.3 Å². The Kier molecular flexibility index (Phi) is 3.19. The molecule has 0 aliphatic heterocycles. The van der Waals surface area contributed by atoms with Gasteiger partial charge in [0, 0.05) is 24.7 Å². The fourth-order valence-corrected chi connectivity index (χ4v) is 1.07. The Morgan fingerprint density at radius 3 is 2.92 bits per heavy atom. The van der Waals surface area contributed by atoms with Crippen LogP contribution in [0.5, 0.6) is 0 Å². The molecule has 0 spiro atoms. The van der Waals surface area contributed by atoms with Gasteiger partial charge in [-0.1, -0.05) is 25.2 Å². The molecule has 1 aromatic heterocycles. The maximum atomic E-state index is 11.3. The van der Waals surface area contributed by atoms with Crippen molar-refractivity contribution >= 4 is 17.2 Å². The summed E-state index contributed by atoms with van der Waals surface area (Å²) in [4.78, 5) is 11.7. The minimum atomic E-state index is -0.0226. The Bertz CT molecular complexity index is 359. The topological polar surface area (TPSA) is 48.0 Å². The summed E-state index contributed by atoms with van der Waals surface area (Å²) in [7, 11) is 0. The first-order valence-corrected chi connectivity index (χ1v) is 4.47. The maximum Gasteiger partial charge on any atom is 0.250 e. The van der Waals surface area contributed by atoms with Gasteiger partial charge in [-0.05, 0) is 6.07 Å². The average molecular weight is 196 g/mol. The van der Waals surface area contributed by atoms with Crippen molar-refractivity contribution in [2.75, 3.05) is 0 Å². The summed E-state index contributed by atoms with van der Waals surface area (Å²) in [6, 6.07) is 5.05. The van der Waals surface area contributed by atoms with Crippen LogP contribution in [0.25, 0.3) is 0 Å². The molecule has 0 amide bonds. The lowest BCUT2D eigenvalue weighted by Gasteiger charge is -2.10. The van der Waals surface area contributed by atoms with E-state index >= 15 is 0 Å². The molecule has 0 bridgehead atoms. The highest BCUT2D eigenvalue weighted by Gasteiger charge is 2.05. The van der Waals surface area contributed by atoms with Crippen molar-refractivity contribution in [3.8, 4) is 0 Å². The first-order chi connectivity index (χ1) is 6.11. The number of rotatable bonds is 3. The standard InChI is InChI=1S/C9H12N2OS/c1-7(9(10)13)6-11-5-3-2-4-8(11)12/h2-5,7H,6H2,1H3,(H2,10,13). The highest BCUT2D eigenvalue weighted by Crippen LogP contribution is 1.98. The van der Waals surface area contributed by atoms with E-state index in [1.165, 1.54) is 6.07 Å². The Hall–Kier alpha value is -1.16. The van der Waals surface area contributed by atoms with Gasteiger partial charge in [0.15, 0.2) is 0 Å². The molecule has 13 heavy (non-hydrogen) atoms. The van der Waals surface area contributed by atoms with Crippen LogP contribution in [0, 0.1) is 5.92 Å². The largest absolute Gasteiger partial charge is 0.393 e. The molecule has 1 aromatic rings. The SMILES string of the molecule is CC(Cn1ccccc1=O)C(N)=S. The summed E-state index contributed by atoms with van der Waals surface area (Å²) >= 11 is 4.82. The second-order valence-corrected chi connectivity index (χ2v) is 3.47. The second kappa shape index (κ2) is 4.18. The molecule has 1 atom stereocenters. The van der Waals surface area contributed by atoms with E-state index in [-0.39, 0.29) is 11.5 Å². The Morgan fingerprint density at radius 2 is 2.38 bits per heavy atom. The summed E-state index contributed by atoms with van der Waals surface area (Å²) in [5, 5.41) is 0. The molecule has 0 saturated heterocycles. The van der Waals surface area contributed by atoms with E-state index in [1.807, 2.05) is 13.0 Å². The van der Waals surface area contributed by atoms with Crippen LogP contribution in [-0.4, -0.2) is 9.56 Å². The van der Waals surface area contributed by atoms with Crippen LogP contribution in [0.4, 0.5) is 0 Å². The smallest absolute Gasteiger partial charge is 0.250 e. The third kappa shape index (κ3) is 2.66. The number of nitrogens with two attached hydrogens (primary N) is 1.